The molecule has 0 radical (unpaired) electrons. The number of methoxy groups -OCH3 is 2. The van der Waals surface area contributed by atoms with Gasteiger partial charge in [-0.2, -0.15) is 18.2 Å². The number of unbranched alkanes of at least 4 members (excludes halogenated alkanes) is 1. The molecule has 2 aliphatic carbocycles. The third-order valence-corrected chi connectivity index (χ3v) is 14.7. The molecule has 1 aromatic carbocycles. The summed E-state index contributed by atoms with van der Waals surface area (Å²) >= 11 is 0. The van der Waals surface area contributed by atoms with Gasteiger partial charge in [-0.1, -0.05) is 38.8 Å². The third-order valence-electron chi connectivity index (χ3n) is 12.5. The van der Waals surface area contributed by atoms with E-state index in [9.17, 15) is 40.8 Å². The van der Waals surface area contributed by atoms with Crippen molar-refractivity contribution in [2.75, 3.05) is 20.8 Å². The standard InChI is InChI=1S/C43H58F3N5O11S/c1-8-10-17-41(18-19-41)63(56,57)50-38(54)42-23-27(42)14-12-11-13-25(3)60-32(9-2)34(48-39(55)62-40(4,5)43(44,45)46)37(53)51-24-29(22-31(51)35(52)49-42)61-36-30-16-15-28(58-6)20-26(30)21-33(47-36)59-7/h12,14-16,20-21,25,27,29,31-32,34H,8-11,13,17-19,22-24H2,1-7H3,(H,48,55)(H,49,52)(H,50,54)/b14-12-/t25-,27-,29-,31+,32+,34+,42-/m1/s1. The topological polar surface area (TPSA) is 201 Å². The van der Waals surface area contributed by atoms with Gasteiger partial charge in [0.05, 0.1) is 37.7 Å². The van der Waals surface area contributed by atoms with Gasteiger partial charge in [0.25, 0.3) is 5.91 Å². The van der Waals surface area contributed by atoms with Crippen LogP contribution in [-0.2, 0) is 33.9 Å². The zero-order chi connectivity index (χ0) is 46.1. The van der Waals surface area contributed by atoms with Gasteiger partial charge in [-0.3, -0.25) is 19.1 Å². The van der Waals surface area contributed by atoms with Gasteiger partial charge in [0.2, 0.25) is 39.2 Å². The number of benzene rings is 1. The molecule has 0 unspecified atom stereocenters. The second kappa shape index (κ2) is 18.3. The van der Waals surface area contributed by atoms with Gasteiger partial charge in [0.15, 0.2) is 0 Å². The number of ether oxygens (including phenoxy) is 5. The van der Waals surface area contributed by atoms with Crippen molar-refractivity contribution in [2.45, 2.75) is 151 Å². The largest absolute Gasteiger partial charge is 0.497 e. The van der Waals surface area contributed by atoms with Crippen LogP contribution in [0.5, 0.6) is 17.5 Å². The summed E-state index contributed by atoms with van der Waals surface area (Å²) in [5.74, 6) is -2.41. The van der Waals surface area contributed by atoms with Gasteiger partial charge in [0.1, 0.15) is 29.5 Å². The van der Waals surface area contributed by atoms with E-state index in [0.717, 1.165) is 11.3 Å². The molecule has 16 nitrogen and oxygen atoms in total. The Kier molecular flexibility index (Phi) is 13.9. The minimum atomic E-state index is -4.96. The second-order valence-corrected chi connectivity index (χ2v) is 19.5. The number of hydrogen-bond acceptors (Lipinski definition) is 12. The van der Waals surface area contributed by atoms with Crippen LogP contribution in [0.4, 0.5) is 18.0 Å². The zero-order valence-electron chi connectivity index (χ0n) is 36.6. The molecular formula is C43H58F3N5O11S. The van der Waals surface area contributed by atoms with Crippen LogP contribution in [0.25, 0.3) is 10.8 Å². The lowest BCUT2D eigenvalue weighted by Gasteiger charge is -2.35. The number of hydrogen-bond donors (Lipinski definition) is 3. The van der Waals surface area contributed by atoms with E-state index in [1.54, 1.807) is 50.3 Å². The number of allylic oxidation sites excluding steroid dienone is 1. The molecule has 4 aliphatic rings. The molecule has 2 saturated carbocycles. The van der Waals surface area contributed by atoms with E-state index in [4.69, 9.17) is 23.7 Å². The fourth-order valence-electron chi connectivity index (χ4n) is 8.24. The number of pyridine rings is 1. The van der Waals surface area contributed by atoms with E-state index in [-0.39, 0.29) is 37.6 Å². The average molecular weight is 910 g/mol. The van der Waals surface area contributed by atoms with Gasteiger partial charge in [-0.25, -0.2) is 13.2 Å². The van der Waals surface area contributed by atoms with Gasteiger partial charge < -0.3 is 39.2 Å². The molecule has 1 aromatic heterocycles. The first-order valence-electron chi connectivity index (χ1n) is 21.4. The predicted molar refractivity (Wildman–Crippen MR) is 223 cm³/mol. The molecule has 3 heterocycles. The summed E-state index contributed by atoms with van der Waals surface area (Å²) in [5, 5.41) is 6.31. The summed E-state index contributed by atoms with van der Waals surface area (Å²) in [6, 6.07) is 3.75. The first-order chi connectivity index (χ1) is 29.6. The molecule has 3 N–H and O–H groups in total. The predicted octanol–water partition coefficient (Wildman–Crippen LogP) is 5.61. The van der Waals surface area contributed by atoms with Crippen LogP contribution in [0.15, 0.2) is 36.4 Å². The van der Waals surface area contributed by atoms with Crippen molar-refractivity contribution in [3.8, 4) is 17.5 Å². The smallest absolute Gasteiger partial charge is 0.427 e. The zero-order valence-corrected chi connectivity index (χ0v) is 37.5. The summed E-state index contributed by atoms with van der Waals surface area (Å²) in [4.78, 5) is 62.8. The molecule has 0 spiro atoms. The molecular weight excluding hydrogens is 852 g/mol. The number of nitrogens with zero attached hydrogens (tertiary/aromatic N) is 2. The van der Waals surface area contributed by atoms with E-state index in [0.29, 0.717) is 68.9 Å². The van der Waals surface area contributed by atoms with Crippen molar-refractivity contribution < 1.29 is 64.5 Å². The number of carbonyl (C=O) groups is 4. The van der Waals surface area contributed by atoms with Crippen LogP contribution in [0, 0.1) is 5.92 Å². The summed E-state index contributed by atoms with van der Waals surface area (Å²) < 4.78 is 98.6. The summed E-state index contributed by atoms with van der Waals surface area (Å²) in [6.07, 6.45) is -2.16. The van der Waals surface area contributed by atoms with Crippen molar-refractivity contribution in [1.82, 2.24) is 25.2 Å². The molecule has 7 atom stereocenters. The lowest BCUT2D eigenvalue weighted by atomic mass is 10.0. The van der Waals surface area contributed by atoms with Crippen molar-refractivity contribution in [3.63, 3.8) is 0 Å². The van der Waals surface area contributed by atoms with Gasteiger partial charge in [0, 0.05) is 23.8 Å². The van der Waals surface area contributed by atoms with Gasteiger partial charge in [-0.05, 0) is 89.3 Å². The van der Waals surface area contributed by atoms with Crippen LogP contribution in [0.1, 0.15) is 98.8 Å². The molecule has 6 rings (SSSR count). The molecule has 63 heavy (non-hydrogen) atoms. The van der Waals surface area contributed by atoms with Crippen LogP contribution in [0.3, 0.4) is 0 Å². The van der Waals surface area contributed by atoms with E-state index >= 15 is 0 Å². The van der Waals surface area contributed by atoms with E-state index in [2.05, 4.69) is 20.3 Å². The maximum Gasteiger partial charge on any atom is 0.427 e. The second-order valence-electron chi connectivity index (χ2n) is 17.4. The molecule has 2 aromatic rings. The van der Waals surface area contributed by atoms with Crippen LogP contribution < -0.4 is 29.6 Å². The molecule has 0 bridgehead atoms. The first kappa shape index (κ1) is 47.6. The Morgan fingerprint density at radius 2 is 1.83 bits per heavy atom. The SMILES string of the molecule is CCCCC1(S(=O)(=O)NC(=O)[C@@]23C[C@H]2/C=C\CC[C@@H](C)O[C@@H](CC)[C@H](NC(=O)OC(C)(C)C(F)(F)F)C(=O)N2C[C@H](Oc4nc(OC)cc5cc(OC)ccc45)C[C@H]2C(=O)N3)CC1. The van der Waals surface area contributed by atoms with Crippen LogP contribution in [-0.4, -0.2) is 115 Å². The van der Waals surface area contributed by atoms with Crippen LogP contribution in [0.2, 0.25) is 0 Å². The highest BCUT2D eigenvalue weighted by Gasteiger charge is 2.64. The maximum absolute atomic E-state index is 15.0. The Hall–Kier alpha value is -4.85. The van der Waals surface area contributed by atoms with Crippen molar-refractivity contribution >= 4 is 44.6 Å². The molecule has 2 aliphatic heterocycles. The van der Waals surface area contributed by atoms with E-state index in [1.807, 2.05) is 6.92 Å². The van der Waals surface area contributed by atoms with E-state index in [1.165, 1.54) is 14.2 Å². The highest BCUT2D eigenvalue weighted by atomic mass is 32.2. The van der Waals surface area contributed by atoms with Crippen molar-refractivity contribution in [1.29, 1.82) is 0 Å². The Labute approximate surface area is 365 Å². The number of aromatic nitrogens is 1. The number of alkyl carbamates (subject to hydrolysis) is 1. The molecule has 20 heteroatoms. The number of rotatable bonds is 13. The number of alkyl halides is 3. The summed E-state index contributed by atoms with van der Waals surface area (Å²) in [7, 11) is -1.21. The lowest BCUT2D eigenvalue weighted by Crippen LogP contribution is -2.61. The molecule has 348 valence electrons. The number of carbonyl (C=O) groups excluding carboxylic acids is 4. The third kappa shape index (κ3) is 10.1. The highest BCUT2D eigenvalue weighted by Crippen LogP contribution is 2.49. The normalized spacial score (nSPS) is 28.0. The van der Waals surface area contributed by atoms with E-state index < -0.39 is 92.2 Å². The van der Waals surface area contributed by atoms with Gasteiger partial charge in [-0.15, -0.1) is 0 Å². The summed E-state index contributed by atoms with van der Waals surface area (Å²) in [5.41, 5.74) is -4.64. The lowest BCUT2D eigenvalue weighted by molar-refractivity contribution is -0.244. The Bertz CT molecular complexity index is 2200. The minimum Gasteiger partial charge on any atom is -0.497 e. The van der Waals surface area contributed by atoms with Crippen LogP contribution >= 0.6 is 0 Å². The Balaban J connectivity index is 1.38. The molecule has 1 saturated heterocycles. The van der Waals surface area contributed by atoms with Crippen molar-refractivity contribution in [2.24, 2.45) is 5.92 Å². The Morgan fingerprint density at radius 3 is 2.46 bits per heavy atom. The first-order valence-corrected chi connectivity index (χ1v) is 22.9. The highest BCUT2D eigenvalue weighted by molar-refractivity contribution is 7.91. The van der Waals surface area contributed by atoms with Gasteiger partial charge >= 0.3 is 12.3 Å². The fourth-order valence-corrected chi connectivity index (χ4v) is 9.93. The quantitative estimate of drug-likeness (QED) is 0.210. The minimum absolute atomic E-state index is 0.0668. The maximum atomic E-state index is 15.0. The number of nitrogens with one attached hydrogen (secondary N) is 3. The average Bonchev–Trinajstić information content (AvgIpc) is 4.13. The number of fused-ring (bicyclic) bond motifs is 3. The fraction of sp³-hybridized carbons (Fsp3) is 0.651. The number of halogens is 3. The molecule has 3 fully saturated rings. The van der Waals surface area contributed by atoms with Crippen molar-refractivity contribution in [3.05, 3.63) is 36.4 Å². The number of amides is 4. The monoisotopic (exact) mass is 909 g/mol. The summed E-state index contributed by atoms with van der Waals surface area (Å²) in [6.45, 7) is 6.40. The molecule has 4 amide bonds. The Morgan fingerprint density at radius 1 is 1.10 bits per heavy atom. The number of sulfonamides is 1.